The summed E-state index contributed by atoms with van der Waals surface area (Å²) in [6.45, 7) is 3.85. The number of allylic oxidation sites excluding steroid dienone is 1. The van der Waals surface area contributed by atoms with Gasteiger partial charge in [-0.1, -0.05) is 19.1 Å². The van der Waals surface area contributed by atoms with Gasteiger partial charge < -0.3 is 4.74 Å². The number of hydrogen-bond acceptors (Lipinski definition) is 2. The molecule has 0 aromatic heterocycles. The van der Waals surface area contributed by atoms with Gasteiger partial charge in [0.1, 0.15) is 0 Å². The second-order valence-corrected chi connectivity index (χ2v) is 2.06. The smallest absolute Gasteiger partial charge is 0.312 e. The molecule has 0 amide bonds. The van der Waals surface area contributed by atoms with Crippen molar-refractivity contribution in [2.75, 3.05) is 7.11 Å². The van der Waals surface area contributed by atoms with Gasteiger partial charge in [-0.05, 0) is 13.3 Å². The van der Waals surface area contributed by atoms with Crippen LogP contribution in [0.5, 0.6) is 0 Å². The van der Waals surface area contributed by atoms with Gasteiger partial charge in [-0.2, -0.15) is 0 Å². The predicted molar refractivity (Wildman–Crippen MR) is 40.6 cm³/mol. The van der Waals surface area contributed by atoms with Gasteiger partial charge >= 0.3 is 5.97 Å². The molecule has 0 saturated heterocycles. The molecule has 0 aliphatic carbocycles. The van der Waals surface area contributed by atoms with E-state index < -0.39 is 0 Å². The van der Waals surface area contributed by atoms with Crippen LogP contribution in [0.2, 0.25) is 0 Å². The second-order valence-electron chi connectivity index (χ2n) is 2.06. The number of methoxy groups -OCH3 is 1. The average Bonchev–Trinajstić information content (AvgIpc) is 1.99. The Morgan fingerprint density at radius 1 is 1.70 bits per heavy atom. The van der Waals surface area contributed by atoms with Gasteiger partial charge in [-0.15, -0.1) is 0 Å². The van der Waals surface area contributed by atoms with Crippen molar-refractivity contribution in [2.45, 2.75) is 20.3 Å². The maximum absolute atomic E-state index is 10.9. The van der Waals surface area contributed by atoms with Gasteiger partial charge in [0.15, 0.2) is 0 Å². The minimum absolute atomic E-state index is 0.0602. The SMILES string of the molecule is CC=CC(CC)C(=O)OC. The molecule has 58 valence electrons. The van der Waals surface area contributed by atoms with Crippen molar-refractivity contribution in [3.63, 3.8) is 0 Å². The van der Waals surface area contributed by atoms with Crippen molar-refractivity contribution >= 4 is 5.97 Å². The van der Waals surface area contributed by atoms with E-state index in [0.29, 0.717) is 0 Å². The van der Waals surface area contributed by atoms with Crippen LogP contribution < -0.4 is 0 Å². The molecule has 0 aromatic rings. The van der Waals surface area contributed by atoms with Crippen LogP contribution in [-0.4, -0.2) is 13.1 Å². The fourth-order valence-corrected chi connectivity index (χ4v) is 0.765. The van der Waals surface area contributed by atoms with E-state index in [0.717, 1.165) is 6.42 Å². The molecule has 1 atom stereocenters. The van der Waals surface area contributed by atoms with Crippen molar-refractivity contribution in [3.8, 4) is 0 Å². The van der Waals surface area contributed by atoms with Gasteiger partial charge in [-0.25, -0.2) is 0 Å². The molecule has 1 unspecified atom stereocenters. The topological polar surface area (TPSA) is 26.3 Å². The van der Waals surface area contributed by atoms with Crippen LogP contribution in [-0.2, 0) is 9.53 Å². The molecular weight excluding hydrogens is 128 g/mol. The van der Waals surface area contributed by atoms with Crippen molar-refractivity contribution in [1.82, 2.24) is 0 Å². The molecule has 0 aromatic carbocycles. The standard InChI is InChI=1S/C8H14O2/c1-4-6-7(5-2)8(9)10-3/h4,6-7H,5H2,1-3H3. The molecule has 0 spiro atoms. The quantitative estimate of drug-likeness (QED) is 0.443. The van der Waals surface area contributed by atoms with Crippen molar-refractivity contribution < 1.29 is 9.53 Å². The molecule has 0 aliphatic rings. The Labute approximate surface area is 61.9 Å². The zero-order chi connectivity index (χ0) is 7.98. The summed E-state index contributed by atoms with van der Waals surface area (Å²) in [6.07, 6.45) is 4.52. The Morgan fingerprint density at radius 2 is 2.30 bits per heavy atom. The number of carbonyl (C=O) groups is 1. The first-order valence-corrected chi connectivity index (χ1v) is 3.46. The molecule has 0 saturated carbocycles. The van der Waals surface area contributed by atoms with Crippen LogP contribution in [0.3, 0.4) is 0 Å². The summed E-state index contributed by atoms with van der Waals surface area (Å²) >= 11 is 0. The lowest BCUT2D eigenvalue weighted by Crippen LogP contribution is -2.12. The number of carbonyl (C=O) groups excluding carboxylic acids is 1. The van der Waals surface area contributed by atoms with E-state index in [9.17, 15) is 4.79 Å². The van der Waals surface area contributed by atoms with Crippen molar-refractivity contribution in [3.05, 3.63) is 12.2 Å². The molecule has 0 rings (SSSR count). The Hall–Kier alpha value is -0.790. The molecular formula is C8H14O2. The minimum atomic E-state index is -0.152. The van der Waals surface area contributed by atoms with E-state index in [-0.39, 0.29) is 11.9 Å². The summed E-state index contributed by atoms with van der Waals surface area (Å²) < 4.78 is 4.57. The first kappa shape index (κ1) is 9.21. The van der Waals surface area contributed by atoms with Crippen molar-refractivity contribution in [2.24, 2.45) is 5.92 Å². The highest BCUT2D eigenvalue weighted by molar-refractivity contribution is 5.74. The van der Waals surface area contributed by atoms with Crippen LogP contribution in [0.15, 0.2) is 12.2 Å². The van der Waals surface area contributed by atoms with E-state index >= 15 is 0 Å². The van der Waals surface area contributed by atoms with Gasteiger partial charge in [0.25, 0.3) is 0 Å². The summed E-state index contributed by atoms with van der Waals surface area (Å²) in [5.41, 5.74) is 0. The fraction of sp³-hybridized carbons (Fsp3) is 0.625. The lowest BCUT2D eigenvalue weighted by molar-refractivity contribution is -0.143. The van der Waals surface area contributed by atoms with Gasteiger partial charge in [0, 0.05) is 0 Å². The summed E-state index contributed by atoms with van der Waals surface area (Å²) in [6, 6.07) is 0. The van der Waals surface area contributed by atoms with Crippen molar-refractivity contribution in [1.29, 1.82) is 0 Å². The summed E-state index contributed by atoms with van der Waals surface area (Å²) in [5, 5.41) is 0. The third kappa shape index (κ3) is 2.67. The first-order valence-electron chi connectivity index (χ1n) is 3.46. The number of ether oxygens (including phenoxy) is 1. The predicted octanol–water partition coefficient (Wildman–Crippen LogP) is 1.76. The normalized spacial score (nSPS) is 13.5. The third-order valence-corrected chi connectivity index (χ3v) is 1.37. The number of rotatable bonds is 3. The Kier molecular flexibility index (Phi) is 4.63. The number of esters is 1. The maximum atomic E-state index is 10.9. The van der Waals surface area contributed by atoms with Gasteiger partial charge in [0.05, 0.1) is 13.0 Å². The highest BCUT2D eigenvalue weighted by atomic mass is 16.5. The van der Waals surface area contributed by atoms with E-state index in [1.54, 1.807) is 0 Å². The minimum Gasteiger partial charge on any atom is -0.469 e. The summed E-state index contributed by atoms with van der Waals surface area (Å²) in [4.78, 5) is 10.9. The molecule has 0 radical (unpaired) electrons. The Bertz CT molecular complexity index is 127. The summed E-state index contributed by atoms with van der Waals surface area (Å²) in [7, 11) is 1.41. The van der Waals surface area contributed by atoms with Crippen LogP contribution in [0.1, 0.15) is 20.3 Å². The lowest BCUT2D eigenvalue weighted by atomic mass is 10.1. The molecule has 0 aliphatic heterocycles. The van der Waals surface area contributed by atoms with Crippen LogP contribution in [0, 0.1) is 5.92 Å². The zero-order valence-corrected chi connectivity index (χ0v) is 6.76. The van der Waals surface area contributed by atoms with E-state index in [4.69, 9.17) is 0 Å². The molecule has 2 heteroatoms. The highest BCUT2D eigenvalue weighted by Crippen LogP contribution is 2.05. The van der Waals surface area contributed by atoms with E-state index in [1.165, 1.54) is 7.11 Å². The molecule has 0 N–H and O–H groups in total. The molecule has 0 bridgehead atoms. The Balaban J connectivity index is 3.93. The van der Waals surface area contributed by atoms with E-state index in [2.05, 4.69) is 4.74 Å². The van der Waals surface area contributed by atoms with Gasteiger partial charge in [0.2, 0.25) is 0 Å². The fourth-order valence-electron chi connectivity index (χ4n) is 0.765. The monoisotopic (exact) mass is 142 g/mol. The molecule has 2 nitrogen and oxygen atoms in total. The third-order valence-electron chi connectivity index (χ3n) is 1.37. The Morgan fingerprint density at radius 3 is 2.60 bits per heavy atom. The molecule has 0 fully saturated rings. The zero-order valence-electron chi connectivity index (χ0n) is 6.76. The number of hydrogen-bond donors (Lipinski definition) is 0. The largest absolute Gasteiger partial charge is 0.469 e. The average molecular weight is 142 g/mol. The highest BCUT2D eigenvalue weighted by Gasteiger charge is 2.11. The molecule has 0 heterocycles. The summed E-state index contributed by atoms with van der Waals surface area (Å²) in [5.74, 6) is -0.212. The first-order chi connectivity index (χ1) is 4.76. The van der Waals surface area contributed by atoms with Crippen LogP contribution in [0.25, 0.3) is 0 Å². The molecule has 10 heavy (non-hydrogen) atoms. The van der Waals surface area contributed by atoms with Crippen LogP contribution in [0.4, 0.5) is 0 Å². The second kappa shape index (κ2) is 5.03. The lowest BCUT2D eigenvalue weighted by Gasteiger charge is -2.05. The van der Waals surface area contributed by atoms with Crippen LogP contribution >= 0.6 is 0 Å². The maximum Gasteiger partial charge on any atom is 0.312 e. The van der Waals surface area contributed by atoms with E-state index in [1.807, 2.05) is 26.0 Å². The van der Waals surface area contributed by atoms with Gasteiger partial charge in [-0.3, -0.25) is 4.79 Å².